The number of ether oxygens (including phenoxy) is 1. The van der Waals surface area contributed by atoms with E-state index in [9.17, 15) is 18.0 Å². The highest BCUT2D eigenvalue weighted by molar-refractivity contribution is 6.07. The van der Waals surface area contributed by atoms with Crippen LogP contribution < -0.4 is 4.90 Å². The van der Waals surface area contributed by atoms with Gasteiger partial charge >= 0.3 is 6.18 Å². The summed E-state index contributed by atoms with van der Waals surface area (Å²) < 4.78 is 46.5. The first-order valence-corrected chi connectivity index (χ1v) is 13.3. The lowest BCUT2D eigenvalue weighted by molar-refractivity contribution is -0.137. The van der Waals surface area contributed by atoms with Gasteiger partial charge in [0.25, 0.3) is 5.91 Å². The van der Waals surface area contributed by atoms with Crippen molar-refractivity contribution in [1.29, 1.82) is 0 Å². The maximum atomic E-state index is 13.7. The van der Waals surface area contributed by atoms with Crippen LogP contribution in [0.15, 0.2) is 42.6 Å². The minimum absolute atomic E-state index is 0.0880. The fourth-order valence-corrected chi connectivity index (χ4v) is 5.64. The van der Waals surface area contributed by atoms with E-state index in [-0.39, 0.29) is 11.9 Å². The summed E-state index contributed by atoms with van der Waals surface area (Å²) in [4.78, 5) is 26.6. The number of fused-ring (bicyclic) bond motifs is 2. The molecule has 2 aromatic carbocycles. The lowest BCUT2D eigenvalue weighted by Gasteiger charge is -2.31. The quantitative estimate of drug-likeness (QED) is 0.349. The average Bonchev–Trinajstić information content (AvgIpc) is 3.29. The van der Waals surface area contributed by atoms with Crippen LogP contribution >= 0.6 is 0 Å². The Bertz CT molecular complexity index is 1610. The normalized spacial score (nSPS) is 17.4. The molecule has 0 radical (unpaired) electrons. The van der Waals surface area contributed by atoms with Crippen molar-refractivity contribution < 1.29 is 22.7 Å². The summed E-state index contributed by atoms with van der Waals surface area (Å²) in [5, 5.41) is 5.15. The number of morpholine rings is 1. The first-order valence-electron chi connectivity index (χ1n) is 13.3. The molecular formula is C29H29F3N6O2. The Morgan fingerprint density at radius 1 is 1.00 bits per heavy atom. The van der Waals surface area contributed by atoms with Crippen molar-refractivity contribution in [2.45, 2.75) is 39.5 Å². The van der Waals surface area contributed by atoms with Gasteiger partial charge in [0.15, 0.2) is 5.82 Å². The van der Waals surface area contributed by atoms with E-state index in [1.54, 1.807) is 4.90 Å². The molecule has 1 atom stereocenters. The summed E-state index contributed by atoms with van der Waals surface area (Å²) in [5.41, 5.74) is 4.51. The molecule has 1 saturated heterocycles. The second kappa shape index (κ2) is 9.97. The first-order chi connectivity index (χ1) is 19.1. The van der Waals surface area contributed by atoms with Gasteiger partial charge in [-0.2, -0.15) is 18.3 Å². The summed E-state index contributed by atoms with van der Waals surface area (Å²) in [6.07, 6.45) is -3.02. The fourth-order valence-electron chi connectivity index (χ4n) is 5.64. The topological polar surface area (TPSA) is 76.4 Å². The molecule has 0 N–H and O–H groups in total. The van der Waals surface area contributed by atoms with E-state index in [4.69, 9.17) is 9.84 Å². The van der Waals surface area contributed by atoms with Crippen LogP contribution in [-0.2, 0) is 17.5 Å². The molecule has 0 aliphatic carbocycles. The highest BCUT2D eigenvalue weighted by Crippen LogP contribution is 2.34. The van der Waals surface area contributed by atoms with Crippen molar-refractivity contribution in [2.24, 2.45) is 0 Å². The SMILES string of the molecule is Cc1cc(-c2ncc3cc(C(F)(F)F)ccc3n2)ccc1N1CCn2nc(C(C)N3CCOCC3)c(C)c2C1=O. The van der Waals surface area contributed by atoms with Crippen LogP contribution in [0.2, 0.25) is 0 Å². The molecule has 1 amide bonds. The Morgan fingerprint density at radius 2 is 1.77 bits per heavy atom. The minimum atomic E-state index is -4.43. The van der Waals surface area contributed by atoms with E-state index in [0.29, 0.717) is 48.7 Å². The Hall–Kier alpha value is -3.83. The second-order valence-electron chi connectivity index (χ2n) is 10.3. The number of carbonyl (C=O) groups is 1. The Balaban J connectivity index is 1.26. The predicted octanol–water partition coefficient (Wildman–Crippen LogP) is 5.18. The number of rotatable bonds is 4. The van der Waals surface area contributed by atoms with Gasteiger partial charge in [-0.3, -0.25) is 14.4 Å². The van der Waals surface area contributed by atoms with Crippen LogP contribution in [0.3, 0.4) is 0 Å². The third kappa shape index (κ3) is 4.62. The largest absolute Gasteiger partial charge is 0.416 e. The Kier molecular flexibility index (Phi) is 6.58. The van der Waals surface area contributed by atoms with Gasteiger partial charge in [-0.1, -0.05) is 0 Å². The number of anilines is 1. The van der Waals surface area contributed by atoms with Gasteiger partial charge < -0.3 is 9.64 Å². The number of hydrogen-bond donors (Lipinski definition) is 0. The molecule has 8 nitrogen and oxygen atoms in total. The van der Waals surface area contributed by atoms with Crippen molar-refractivity contribution >= 4 is 22.5 Å². The number of halogens is 3. The average molecular weight is 551 g/mol. The van der Waals surface area contributed by atoms with Gasteiger partial charge in [0.2, 0.25) is 0 Å². The van der Waals surface area contributed by atoms with Crippen LogP contribution in [-0.4, -0.2) is 63.4 Å². The fraction of sp³-hybridized carbons (Fsp3) is 0.379. The maximum Gasteiger partial charge on any atom is 0.416 e. The van der Waals surface area contributed by atoms with E-state index in [1.165, 1.54) is 12.3 Å². The number of carbonyl (C=O) groups excluding carboxylic acids is 1. The Labute approximate surface area is 229 Å². The van der Waals surface area contributed by atoms with Gasteiger partial charge in [0.05, 0.1) is 42.6 Å². The smallest absolute Gasteiger partial charge is 0.379 e. The first kappa shape index (κ1) is 26.4. The second-order valence-corrected chi connectivity index (χ2v) is 10.3. The van der Waals surface area contributed by atoms with Gasteiger partial charge in [-0.25, -0.2) is 9.97 Å². The number of aromatic nitrogens is 4. The maximum absolute atomic E-state index is 13.7. The third-order valence-electron chi connectivity index (χ3n) is 7.85. The van der Waals surface area contributed by atoms with E-state index in [0.717, 1.165) is 53.3 Å². The molecule has 4 aromatic rings. The Morgan fingerprint density at radius 3 is 2.50 bits per heavy atom. The van der Waals surface area contributed by atoms with Crippen molar-refractivity contribution in [2.75, 3.05) is 37.7 Å². The van der Waals surface area contributed by atoms with Crippen LogP contribution in [0, 0.1) is 13.8 Å². The van der Waals surface area contributed by atoms with Gasteiger partial charge in [-0.05, 0) is 62.7 Å². The molecule has 0 bridgehead atoms. The van der Waals surface area contributed by atoms with Crippen LogP contribution in [0.5, 0.6) is 0 Å². The van der Waals surface area contributed by atoms with Crippen molar-refractivity contribution in [3.05, 3.63) is 70.7 Å². The zero-order valence-electron chi connectivity index (χ0n) is 22.5. The van der Waals surface area contributed by atoms with Crippen LogP contribution in [0.25, 0.3) is 22.3 Å². The number of nitrogens with zero attached hydrogens (tertiary/aromatic N) is 6. The summed E-state index contributed by atoms with van der Waals surface area (Å²) in [6.45, 7) is 10.2. The van der Waals surface area contributed by atoms with Crippen molar-refractivity contribution in [3.8, 4) is 11.4 Å². The van der Waals surface area contributed by atoms with Gasteiger partial charge in [0, 0.05) is 48.0 Å². The third-order valence-corrected chi connectivity index (χ3v) is 7.85. The molecule has 1 fully saturated rings. The summed E-state index contributed by atoms with van der Waals surface area (Å²) >= 11 is 0. The van der Waals surface area contributed by atoms with Gasteiger partial charge in [-0.15, -0.1) is 0 Å². The highest BCUT2D eigenvalue weighted by atomic mass is 19.4. The molecule has 208 valence electrons. The number of amides is 1. The predicted molar refractivity (Wildman–Crippen MR) is 144 cm³/mol. The zero-order valence-corrected chi connectivity index (χ0v) is 22.5. The molecule has 1 unspecified atom stereocenters. The molecule has 40 heavy (non-hydrogen) atoms. The summed E-state index contributed by atoms with van der Waals surface area (Å²) in [7, 11) is 0. The van der Waals surface area contributed by atoms with E-state index in [2.05, 4.69) is 21.8 Å². The molecular weight excluding hydrogens is 521 g/mol. The lowest BCUT2D eigenvalue weighted by Crippen LogP contribution is -2.41. The van der Waals surface area contributed by atoms with Crippen LogP contribution in [0.4, 0.5) is 18.9 Å². The number of hydrogen-bond acceptors (Lipinski definition) is 6. The van der Waals surface area contributed by atoms with Crippen molar-refractivity contribution in [3.63, 3.8) is 0 Å². The molecule has 2 aliphatic heterocycles. The monoisotopic (exact) mass is 550 g/mol. The molecule has 2 aromatic heterocycles. The van der Waals surface area contributed by atoms with E-state index >= 15 is 0 Å². The molecule has 6 rings (SSSR count). The number of benzene rings is 2. The lowest BCUT2D eigenvalue weighted by atomic mass is 10.0. The minimum Gasteiger partial charge on any atom is -0.379 e. The molecule has 11 heteroatoms. The molecule has 0 saturated carbocycles. The highest BCUT2D eigenvalue weighted by Gasteiger charge is 2.34. The zero-order chi connectivity index (χ0) is 28.2. The van der Waals surface area contributed by atoms with E-state index < -0.39 is 11.7 Å². The van der Waals surface area contributed by atoms with Crippen molar-refractivity contribution in [1.82, 2.24) is 24.6 Å². The molecule has 0 spiro atoms. The van der Waals surface area contributed by atoms with E-state index in [1.807, 2.05) is 36.7 Å². The summed E-state index contributed by atoms with van der Waals surface area (Å²) in [6, 6.07) is 9.14. The number of alkyl halides is 3. The van der Waals surface area contributed by atoms with Crippen LogP contribution in [0.1, 0.15) is 45.8 Å². The molecule has 4 heterocycles. The standard InChI is InChI=1S/C29H29F3N6O2/c1-17-14-20(27-33-16-21-15-22(29(30,31)32)5-6-23(21)34-27)4-7-24(17)37-8-9-38-26(28(37)39)18(2)25(35-38)19(3)36-10-12-40-13-11-36/h4-7,14-16,19H,8-13H2,1-3H3. The number of aryl methyl sites for hydroxylation is 1. The summed E-state index contributed by atoms with van der Waals surface area (Å²) in [5.74, 6) is 0.317. The molecule has 2 aliphatic rings. The van der Waals surface area contributed by atoms with Gasteiger partial charge in [0.1, 0.15) is 5.69 Å².